The number of aliphatic imine (C=N–C) groups is 1. The number of guanidine groups is 1. The van der Waals surface area contributed by atoms with Gasteiger partial charge in [0, 0.05) is 19.6 Å². The van der Waals surface area contributed by atoms with E-state index in [4.69, 9.17) is 16.2 Å². The molecule has 33 heteroatoms. The van der Waals surface area contributed by atoms with Crippen LogP contribution < -0.4 is 38.1 Å². The molecular formula is C64H109N11O22. The summed E-state index contributed by atoms with van der Waals surface area (Å²) >= 11 is 0. The van der Waals surface area contributed by atoms with E-state index in [2.05, 4.69) is 36.4 Å². The number of aliphatic hydroxyl groups excluding tert-OH is 7. The van der Waals surface area contributed by atoms with E-state index < -0.39 is 201 Å². The minimum Gasteiger partial charge on any atom is -0.479 e. The molecule has 3 heterocycles. The second kappa shape index (κ2) is 43.3. The van der Waals surface area contributed by atoms with Gasteiger partial charge in [0.15, 0.2) is 24.2 Å². The van der Waals surface area contributed by atoms with Crippen molar-refractivity contribution in [2.24, 2.45) is 22.4 Å². The highest BCUT2D eigenvalue weighted by molar-refractivity contribution is 6.03. The lowest BCUT2D eigenvalue weighted by atomic mass is 10.0. The zero-order valence-electron chi connectivity index (χ0n) is 56.7. The number of nitrogens with zero attached hydrogens (tertiary/aromatic N) is 4. The number of ether oxygens (including phenoxy) is 1. The van der Waals surface area contributed by atoms with Gasteiger partial charge in [-0.05, 0) is 64.7 Å². The number of fused-ring (bicyclic) bond motifs is 2. The maximum Gasteiger partial charge on any atom is 0.335 e. The van der Waals surface area contributed by atoms with E-state index in [0.717, 1.165) is 102 Å². The second-order valence-corrected chi connectivity index (χ2v) is 26.1. The number of carbonyl (C=O) groups is 12. The van der Waals surface area contributed by atoms with Crippen LogP contribution in [0.3, 0.4) is 0 Å². The first-order valence-electron chi connectivity index (χ1n) is 34.3. The molecule has 3 aliphatic heterocycles. The Kier molecular flexibility index (Phi) is 37.5. The van der Waals surface area contributed by atoms with Gasteiger partial charge < -0.3 is 98.5 Å². The van der Waals surface area contributed by atoms with Crippen molar-refractivity contribution in [1.29, 1.82) is 0 Å². The van der Waals surface area contributed by atoms with Crippen LogP contribution in [0.15, 0.2) is 4.99 Å². The number of imide groups is 1. The van der Waals surface area contributed by atoms with Gasteiger partial charge in [-0.3, -0.25) is 53.0 Å². The van der Waals surface area contributed by atoms with E-state index in [0.29, 0.717) is 41.4 Å². The van der Waals surface area contributed by atoms with Crippen molar-refractivity contribution in [2.45, 2.75) is 293 Å². The third-order valence-electron chi connectivity index (χ3n) is 17.5. The second-order valence-electron chi connectivity index (χ2n) is 26.1. The van der Waals surface area contributed by atoms with Crippen molar-refractivity contribution in [2.75, 3.05) is 26.2 Å². The lowest BCUT2D eigenvalue weighted by Crippen LogP contribution is -2.64. The highest BCUT2D eigenvalue weighted by Gasteiger charge is 2.49. The van der Waals surface area contributed by atoms with Gasteiger partial charge in [0.1, 0.15) is 48.4 Å². The Morgan fingerprint density at radius 1 is 0.588 bits per heavy atom. The molecule has 0 aromatic heterocycles. The van der Waals surface area contributed by atoms with Crippen molar-refractivity contribution in [3.05, 3.63) is 0 Å². The summed E-state index contributed by atoms with van der Waals surface area (Å²) in [5.74, 6) is -17.9. The van der Waals surface area contributed by atoms with Crippen LogP contribution in [0.1, 0.15) is 202 Å². The summed E-state index contributed by atoms with van der Waals surface area (Å²) in [6.07, 6.45) is -2.12. The first kappa shape index (κ1) is 84.1. The van der Waals surface area contributed by atoms with Crippen molar-refractivity contribution >= 4 is 77.0 Å². The average Bonchev–Trinajstić information content (AvgIpc) is 1.75. The first-order valence-corrected chi connectivity index (χ1v) is 34.3. The van der Waals surface area contributed by atoms with Crippen LogP contribution in [0, 0.1) is 5.92 Å². The number of carbonyl (C=O) groups excluding carboxylic acids is 10. The largest absolute Gasteiger partial charge is 0.479 e. The Balaban J connectivity index is 2.26. The number of nitrogens with two attached hydrogens (primary N) is 2. The lowest BCUT2D eigenvalue weighted by Gasteiger charge is -2.34. The van der Waals surface area contributed by atoms with Crippen LogP contribution >= 0.6 is 0 Å². The smallest absolute Gasteiger partial charge is 0.335 e. The topological polar surface area (TPSA) is 530 Å². The molecular weight excluding hydrogens is 1270 g/mol. The van der Waals surface area contributed by atoms with E-state index >= 15 is 4.79 Å². The Morgan fingerprint density at radius 3 is 1.59 bits per heavy atom. The molecule has 3 rings (SSSR count). The molecule has 15 atom stereocenters. The SMILES string of the molecule is CCCCCCCCCCCC1CC(=O)N(C(=O)CC(O)CCCCCCCCCCC(C)C)C(C(C)O)C(=O)NC(C)C(=O)N2CCC(O)C2C(=O)NC(CCCN=C(N)N)C(=O)NC(C(O)C(=O)O)C(=O)NC(CO)C(=O)N2CCC(O)C2C(=O)NC(C(O)C(=O)O)C(=O)O1. The number of aliphatic carboxylic acids is 2. The van der Waals surface area contributed by atoms with E-state index in [1.54, 1.807) is 0 Å². The number of cyclic esters (lactones) is 1. The molecule has 97 heavy (non-hydrogen) atoms. The molecule has 0 saturated carbocycles. The number of hydrogen-bond donors (Lipinski definition) is 16. The van der Waals surface area contributed by atoms with Gasteiger partial charge in [-0.15, -0.1) is 0 Å². The molecule has 0 aliphatic carbocycles. The van der Waals surface area contributed by atoms with E-state index in [9.17, 15) is 98.7 Å². The number of carboxylic acid groups (broad SMARTS) is 2. The van der Waals surface area contributed by atoms with Crippen LogP contribution in [0.4, 0.5) is 0 Å². The maximum absolute atomic E-state index is 15.1. The number of esters is 1. The summed E-state index contributed by atoms with van der Waals surface area (Å²) in [6.45, 7) is 6.10. The van der Waals surface area contributed by atoms with E-state index in [1.165, 1.54) is 0 Å². The lowest BCUT2D eigenvalue weighted by molar-refractivity contribution is -0.167. The minimum absolute atomic E-state index is 0.0631. The Hall–Kier alpha value is -7.17. The highest BCUT2D eigenvalue weighted by atomic mass is 16.5. The molecule has 552 valence electrons. The van der Waals surface area contributed by atoms with Crippen molar-refractivity contribution in [3.63, 3.8) is 0 Å². The molecule has 0 aromatic rings. The fourth-order valence-electron chi connectivity index (χ4n) is 12.1. The molecule has 0 spiro atoms. The van der Waals surface area contributed by atoms with Crippen molar-refractivity contribution in [3.8, 4) is 0 Å². The summed E-state index contributed by atoms with van der Waals surface area (Å²) in [6, 6.07) is -17.2. The summed E-state index contributed by atoms with van der Waals surface area (Å²) < 4.78 is 5.76. The van der Waals surface area contributed by atoms with Gasteiger partial charge in [0.2, 0.25) is 53.2 Å². The molecule has 0 bridgehead atoms. The summed E-state index contributed by atoms with van der Waals surface area (Å²) in [7, 11) is 0. The fourth-order valence-corrected chi connectivity index (χ4v) is 12.1. The zero-order chi connectivity index (χ0) is 72.6. The molecule has 9 amide bonds. The predicted octanol–water partition coefficient (Wildman–Crippen LogP) is -2.06. The van der Waals surface area contributed by atoms with Crippen LogP contribution in [-0.2, 0) is 62.3 Å². The number of unbranched alkanes of at least 4 members (excludes halogenated alkanes) is 15. The number of amides is 9. The number of hydrogen-bond acceptors (Lipinski definition) is 21. The average molecular weight is 1380 g/mol. The molecule has 0 aromatic carbocycles. The first-order chi connectivity index (χ1) is 45.9. The minimum atomic E-state index is -2.86. The molecule has 3 aliphatic rings. The fraction of sp³-hybridized carbons (Fsp3) is 0.797. The van der Waals surface area contributed by atoms with Gasteiger partial charge in [0.05, 0.1) is 43.9 Å². The van der Waals surface area contributed by atoms with Crippen LogP contribution in [0.5, 0.6) is 0 Å². The molecule has 0 radical (unpaired) electrons. The van der Waals surface area contributed by atoms with E-state index in [-0.39, 0.29) is 51.2 Å². The number of rotatable bonds is 33. The van der Waals surface area contributed by atoms with E-state index in [1.807, 2.05) is 16.0 Å². The number of aliphatic hydroxyl groups is 7. The molecule has 15 unspecified atom stereocenters. The Bertz CT molecular complexity index is 2630. The standard InChI is InChI=1S/C64H109N11O22/c1-6-7-8-9-10-11-16-19-22-26-40-34-46(82)75(45(81)33-39(78)25-21-18-15-13-12-14-17-20-24-36(2)3)49(38(5)77)56(87)68-37(4)59(90)73-31-28-43(79)50(73)57(88)69-41(27-23-30-67-64(65)66)54(85)71-47(52(83)61(92)93)55(86)70-42(35-76)60(91)74-32-29-44(80)51(74)58(89)72-48(63(96)97-40)53(84)62(94)95/h36-44,47-53,76-80,83-84H,6-35H2,1-5H3,(H,68,87)(H,69,88)(H,70,86)(H,71,85)(H,72,89)(H,92,93)(H,94,95)(H4,65,66,67). The Morgan fingerprint density at radius 2 is 1.07 bits per heavy atom. The quantitative estimate of drug-likeness (QED) is 0.0145. The number of carboxylic acids is 2. The zero-order valence-corrected chi connectivity index (χ0v) is 56.7. The third-order valence-corrected chi connectivity index (χ3v) is 17.5. The predicted molar refractivity (Wildman–Crippen MR) is 347 cm³/mol. The normalized spacial score (nSPS) is 26.1. The summed E-state index contributed by atoms with van der Waals surface area (Å²) in [5, 5.41) is 108. The Labute approximate surface area is 566 Å². The van der Waals surface area contributed by atoms with Crippen LogP contribution in [0.25, 0.3) is 0 Å². The van der Waals surface area contributed by atoms with Gasteiger partial charge in [-0.2, -0.15) is 0 Å². The van der Waals surface area contributed by atoms with Gasteiger partial charge in [-0.1, -0.05) is 130 Å². The molecule has 33 nitrogen and oxygen atoms in total. The molecule has 3 saturated heterocycles. The molecule has 18 N–H and O–H groups in total. The monoisotopic (exact) mass is 1380 g/mol. The number of nitrogens with one attached hydrogen (secondary N) is 5. The van der Waals surface area contributed by atoms with Crippen LogP contribution in [-0.4, -0.2) is 255 Å². The highest BCUT2D eigenvalue weighted by Crippen LogP contribution is 2.25. The van der Waals surface area contributed by atoms with Gasteiger partial charge in [-0.25, -0.2) is 14.4 Å². The molecule has 3 fully saturated rings. The van der Waals surface area contributed by atoms with Crippen LogP contribution in [0.2, 0.25) is 0 Å². The van der Waals surface area contributed by atoms with Crippen molar-refractivity contribution < 1.29 is 108 Å². The summed E-state index contributed by atoms with van der Waals surface area (Å²) in [4.78, 5) is 175. The van der Waals surface area contributed by atoms with Gasteiger partial charge in [0.25, 0.3) is 0 Å². The van der Waals surface area contributed by atoms with Crippen molar-refractivity contribution in [1.82, 2.24) is 41.3 Å². The third kappa shape index (κ3) is 27.6. The maximum atomic E-state index is 15.1. The van der Waals surface area contributed by atoms with Gasteiger partial charge >= 0.3 is 17.9 Å². The summed E-state index contributed by atoms with van der Waals surface area (Å²) in [5.41, 5.74) is 10.9.